The molecule has 5 N–H and O–H groups in total. The summed E-state index contributed by atoms with van der Waals surface area (Å²) in [6.07, 6.45) is 10.6. The Labute approximate surface area is 286 Å². The Morgan fingerprint density at radius 1 is 0.592 bits per heavy atom. The van der Waals surface area contributed by atoms with Gasteiger partial charge in [0.25, 0.3) is 6.47 Å². The summed E-state index contributed by atoms with van der Waals surface area (Å²) in [5.74, 6) is -11.5. The smallest absolute Gasteiger partial charge is 0.336 e. The molecule has 0 heterocycles. The van der Waals surface area contributed by atoms with Crippen molar-refractivity contribution in [1.29, 1.82) is 0 Å². The van der Waals surface area contributed by atoms with E-state index < -0.39 is 92.2 Å². The maximum Gasteiger partial charge on any atom is 0.336 e. The lowest BCUT2D eigenvalue weighted by Crippen LogP contribution is -2.44. The summed E-state index contributed by atoms with van der Waals surface area (Å²) >= 11 is 0. The molecule has 0 saturated carbocycles. The van der Waals surface area contributed by atoms with Gasteiger partial charge >= 0.3 is 35.8 Å². The third-order valence-corrected chi connectivity index (χ3v) is 7.54. The summed E-state index contributed by atoms with van der Waals surface area (Å²) in [7, 11) is 0. The van der Waals surface area contributed by atoms with E-state index in [1.807, 2.05) is 0 Å². The highest BCUT2D eigenvalue weighted by molar-refractivity contribution is 5.88. The van der Waals surface area contributed by atoms with Crippen LogP contribution < -0.4 is 0 Å². The van der Waals surface area contributed by atoms with E-state index in [9.17, 15) is 48.9 Å². The summed E-state index contributed by atoms with van der Waals surface area (Å²) < 4.78 is 19.3. The number of unbranched alkanes of at least 4 members (excludes halogenated alkanes) is 14. The molecule has 0 aromatic carbocycles. The highest BCUT2D eigenvalue weighted by atomic mass is 16.7. The van der Waals surface area contributed by atoms with E-state index in [0.717, 1.165) is 25.7 Å². The van der Waals surface area contributed by atoms with Crippen molar-refractivity contribution in [2.75, 3.05) is 13.2 Å². The molecule has 0 radical (unpaired) electrons. The molecule has 3 unspecified atom stereocenters. The number of carboxylic acids is 3. The Kier molecular flexibility index (Phi) is 24.1. The maximum absolute atomic E-state index is 12.4. The number of carbonyl (C=O) groups is 7. The zero-order valence-corrected chi connectivity index (χ0v) is 28.4. The molecule has 0 bridgehead atoms. The average Bonchev–Trinajstić information content (AvgIpc) is 2.99. The molecule has 0 aromatic rings. The molecule has 282 valence electrons. The molecule has 0 aliphatic carbocycles. The van der Waals surface area contributed by atoms with Gasteiger partial charge in [0, 0.05) is 6.42 Å². The van der Waals surface area contributed by atoms with Gasteiger partial charge in [0.05, 0.1) is 12.8 Å². The zero-order valence-electron chi connectivity index (χ0n) is 28.4. The largest absolute Gasteiger partial charge is 0.481 e. The van der Waals surface area contributed by atoms with Gasteiger partial charge in [-0.25, -0.2) is 4.79 Å². The molecule has 16 nitrogen and oxygen atoms in total. The molecule has 0 amide bonds. The van der Waals surface area contributed by atoms with Crippen molar-refractivity contribution >= 4 is 42.3 Å². The molecule has 16 heteroatoms. The second-order valence-electron chi connectivity index (χ2n) is 12.2. The third kappa shape index (κ3) is 24.1. The average molecular weight is 707 g/mol. The van der Waals surface area contributed by atoms with E-state index in [1.54, 1.807) is 0 Å². The Balaban J connectivity index is 4.81. The van der Waals surface area contributed by atoms with Gasteiger partial charge in [-0.2, -0.15) is 0 Å². The first-order chi connectivity index (χ1) is 23.2. The minimum absolute atomic E-state index is 0.0291. The molecule has 3 atom stereocenters. The predicted molar refractivity (Wildman–Crippen MR) is 170 cm³/mol. The van der Waals surface area contributed by atoms with Crippen molar-refractivity contribution in [3.63, 3.8) is 0 Å². The highest BCUT2D eigenvalue weighted by Gasteiger charge is 2.42. The number of carboxylic acid groups (broad SMARTS) is 3. The quantitative estimate of drug-likeness (QED) is 0.0220. The molecular weight excluding hydrogens is 652 g/mol. The van der Waals surface area contributed by atoms with Crippen LogP contribution in [0.4, 0.5) is 0 Å². The van der Waals surface area contributed by atoms with Crippen molar-refractivity contribution in [2.45, 2.75) is 153 Å². The van der Waals surface area contributed by atoms with E-state index >= 15 is 0 Å². The maximum atomic E-state index is 12.4. The Morgan fingerprint density at radius 3 is 1.47 bits per heavy atom. The molecule has 0 fully saturated rings. The van der Waals surface area contributed by atoms with Crippen molar-refractivity contribution in [3.05, 3.63) is 0 Å². The summed E-state index contributed by atoms with van der Waals surface area (Å²) in [6.45, 7) is 0.389. The number of hydrogen-bond donors (Lipinski definition) is 5. The van der Waals surface area contributed by atoms with Gasteiger partial charge in [0.15, 0.2) is 11.7 Å². The standard InChI is InChI=1S/C33H54O16/c1-2-3-4-5-6-7-8-9-10-11-12-13-14-15-16-17-28(39)46-22-25(49-30(41)20-32(44,31(42)43)18-26(35)36)23-47-29(40)21-33(45,48-24-34)19-27(37)38/h24-25,44-45H,2-23H2,1H3,(H,35,36)(H,37,38)(H,42,43). The second-order valence-corrected chi connectivity index (χ2v) is 12.2. The summed E-state index contributed by atoms with van der Waals surface area (Å²) in [4.78, 5) is 80.9. The van der Waals surface area contributed by atoms with Crippen LogP contribution >= 0.6 is 0 Å². The van der Waals surface area contributed by atoms with Crippen molar-refractivity contribution in [2.24, 2.45) is 0 Å². The van der Waals surface area contributed by atoms with Crippen molar-refractivity contribution in [1.82, 2.24) is 0 Å². The molecule has 0 rings (SSSR count). The first kappa shape index (κ1) is 45.2. The first-order valence-corrected chi connectivity index (χ1v) is 16.9. The lowest BCUT2D eigenvalue weighted by molar-refractivity contribution is -0.210. The molecule has 0 aliphatic rings. The minimum Gasteiger partial charge on any atom is -0.481 e. The molecule has 0 saturated heterocycles. The summed E-state index contributed by atoms with van der Waals surface area (Å²) in [5.41, 5.74) is -3.03. The van der Waals surface area contributed by atoms with Gasteiger partial charge in [-0.05, 0) is 6.42 Å². The van der Waals surface area contributed by atoms with Crippen LogP contribution in [0.2, 0.25) is 0 Å². The zero-order chi connectivity index (χ0) is 37.1. The van der Waals surface area contributed by atoms with Crippen LogP contribution in [-0.2, 0) is 52.5 Å². The van der Waals surface area contributed by atoms with Crippen molar-refractivity contribution in [3.8, 4) is 0 Å². The van der Waals surface area contributed by atoms with E-state index in [2.05, 4.69) is 11.7 Å². The number of rotatable bonds is 32. The highest BCUT2D eigenvalue weighted by Crippen LogP contribution is 2.20. The van der Waals surface area contributed by atoms with E-state index in [0.29, 0.717) is 6.42 Å². The Bertz CT molecular complexity index is 1030. The number of aliphatic hydroxyl groups is 2. The number of ether oxygens (including phenoxy) is 4. The van der Waals surface area contributed by atoms with Crippen LogP contribution in [0.25, 0.3) is 0 Å². The second kappa shape index (κ2) is 26.1. The lowest BCUT2D eigenvalue weighted by atomic mass is 9.96. The van der Waals surface area contributed by atoms with E-state index in [1.165, 1.54) is 64.2 Å². The van der Waals surface area contributed by atoms with Crippen LogP contribution in [-0.4, -0.2) is 98.5 Å². The summed E-state index contributed by atoms with van der Waals surface area (Å²) in [6, 6.07) is 0. The number of esters is 3. The number of aliphatic carboxylic acids is 3. The van der Waals surface area contributed by atoms with Gasteiger partial charge in [-0.3, -0.25) is 28.8 Å². The van der Waals surface area contributed by atoms with Gasteiger partial charge in [-0.1, -0.05) is 96.8 Å². The van der Waals surface area contributed by atoms with Crippen LogP contribution in [0.15, 0.2) is 0 Å². The fourth-order valence-electron chi connectivity index (χ4n) is 4.88. The number of carbonyl (C=O) groups excluding carboxylic acids is 4. The van der Waals surface area contributed by atoms with Gasteiger partial charge in [-0.15, -0.1) is 0 Å². The van der Waals surface area contributed by atoms with Crippen LogP contribution in [0.1, 0.15) is 135 Å². The topological polar surface area (TPSA) is 258 Å². The van der Waals surface area contributed by atoms with Gasteiger partial charge < -0.3 is 44.5 Å². The van der Waals surface area contributed by atoms with Gasteiger partial charge in [0.2, 0.25) is 5.79 Å². The monoisotopic (exact) mass is 706 g/mol. The molecule has 49 heavy (non-hydrogen) atoms. The Morgan fingerprint density at radius 2 is 1.04 bits per heavy atom. The molecular formula is C33H54O16. The minimum atomic E-state index is -3.03. The van der Waals surface area contributed by atoms with Crippen molar-refractivity contribution < 1.29 is 78.0 Å². The fourth-order valence-corrected chi connectivity index (χ4v) is 4.88. The number of hydrogen-bond acceptors (Lipinski definition) is 13. The van der Waals surface area contributed by atoms with E-state index in [-0.39, 0.29) is 12.9 Å². The lowest BCUT2D eigenvalue weighted by Gasteiger charge is -2.24. The van der Waals surface area contributed by atoms with E-state index in [4.69, 9.17) is 24.4 Å². The normalized spacial score (nSPS) is 14.0. The third-order valence-electron chi connectivity index (χ3n) is 7.54. The Hall–Kier alpha value is -3.79. The predicted octanol–water partition coefficient (Wildman–Crippen LogP) is 3.65. The van der Waals surface area contributed by atoms with Gasteiger partial charge in [0.1, 0.15) is 26.1 Å². The summed E-state index contributed by atoms with van der Waals surface area (Å²) in [5, 5.41) is 47.2. The molecule has 0 aromatic heterocycles. The molecule has 0 aliphatic heterocycles. The SMILES string of the molecule is CCCCCCCCCCCCCCCCCC(=O)OCC(COC(=O)CC(O)(CC(=O)O)OC=O)OC(=O)CC(O)(CC(=O)O)C(=O)O. The van der Waals surface area contributed by atoms with Crippen LogP contribution in [0.3, 0.4) is 0 Å². The first-order valence-electron chi connectivity index (χ1n) is 16.9. The van der Waals surface area contributed by atoms with Crippen LogP contribution in [0.5, 0.6) is 0 Å². The fraction of sp³-hybridized carbons (Fsp3) is 0.788. The van der Waals surface area contributed by atoms with Crippen LogP contribution in [0, 0.1) is 0 Å². The molecule has 0 spiro atoms.